The standard InChI is InChI=1S/C14H10N4O3/c19-18(20)12-8-6-11(7-9-12)15-14-16-13(17-21-14)10-4-2-1-3-5-10/h1-9H,(H,15,16,17). The van der Waals surface area contributed by atoms with Crippen LogP contribution in [0.2, 0.25) is 0 Å². The lowest BCUT2D eigenvalue weighted by atomic mass is 10.2. The fraction of sp³-hybridized carbons (Fsp3) is 0. The van der Waals surface area contributed by atoms with Crippen LogP contribution < -0.4 is 5.32 Å². The van der Waals surface area contributed by atoms with Gasteiger partial charge in [0.25, 0.3) is 5.69 Å². The number of hydrogen-bond donors (Lipinski definition) is 1. The zero-order chi connectivity index (χ0) is 14.7. The van der Waals surface area contributed by atoms with E-state index in [0.717, 1.165) is 5.56 Å². The van der Waals surface area contributed by atoms with Crippen LogP contribution in [0.25, 0.3) is 11.4 Å². The molecule has 7 heteroatoms. The molecule has 0 fully saturated rings. The predicted octanol–water partition coefficient (Wildman–Crippen LogP) is 3.39. The minimum Gasteiger partial charge on any atom is -0.315 e. The molecular weight excluding hydrogens is 272 g/mol. The minimum absolute atomic E-state index is 0.0241. The summed E-state index contributed by atoms with van der Waals surface area (Å²) in [4.78, 5) is 14.3. The van der Waals surface area contributed by atoms with Crippen molar-refractivity contribution in [1.29, 1.82) is 0 Å². The molecule has 21 heavy (non-hydrogen) atoms. The molecule has 1 aromatic heterocycles. The van der Waals surface area contributed by atoms with E-state index in [-0.39, 0.29) is 11.7 Å². The van der Waals surface area contributed by atoms with Gasteiger partial charge in [0, 0.05) is 23.4 Å². The summed E-state index contributed by atoms with van der Waals surface area (Å²) in [7, 11) is 0. The molecule has 1 N–H and O–H groups in total. The van der Waals surface area contributed by atoms with Gasteiger partial charge in [-0.05, 0) is 12.1 Å². The van der Waals surface area contributed by atoms with Crippen LogP contribution in [0.4, 0.5) is 17.4 Å². The molecule has 0 saturated carbocycles. The van der Waals surface area contributed by atoms with E-state index in [1.54, 1.807) is 12.1 Å². The van der Waals surface area contributed by atoms with Crippen LogP contribution in [-0.4, -0.2) is 15.1 Å². The van der Waals surface area contributed by atoms with Crippen LogP contribution in [-0.2, 0) is 0 Å². The zero-order valence-electron chi connectivity index (χ0n) is 10.8. The number of aromatic nitrogens is 2. The lowest BCUT2D eigenvalue weighted by Gasteiger charge is -1.99. The van der Waals surface area contributed by atoms with Crippen molar-refractivity contribution in [1.82, 2.24) is 10.1 Å². The highest BCUT2D eigenvalue weighted by Gasteiger charge is 2.09. The number of nitro benzene ring substituents is 1. The highest BCUT2D eigenvalue weighted by molar-refractivity contribution is 5.58. The third kappa shape index (κ3) is 2.86. The monoisotopic (exact) mass is 282 g/mol. The highest BCUT2D eigenvalue weighted by atomic mass is 16.6. The van der Waals surface area contributed by atoms with E-state index in [2.05, 4.69) is 15.5 Å². The van der Waals surface area contributed by atoms with Gasteiger partial charge < -0.3 is 9.84 Å². The van der Waals surface area contributed by atoms with Gasteiger partial charge in [0.15, 0.2) is 0 Å². The number of anilines is 2. The third-order valence-corrected chi connectivity index (χ3v) is 2.79. The summed E-state index contributed by atoms with van der Waals surface area (Å²) in [5, 5.41) is 17.3. The normalized spacial score (nSPS) is 10.3. The molecule has 104 valence electrons. The molecule has 0 atom stereocenters. The van der Waals surface area contributed by atoms with E-state index < -0.39 is 4.92 Å². The first-order valence-electron chi connectivity index (χ1n) is 6.13. The molecule has 1 heterocycles. The second kappa shape index (κ2) is 5.41. The van der Waals surface area contributed by atoms with E-state index in [1.165, 1.54) is 12.1 Å². The molecule has 0 amide bonds. The largest absolute Gasteiger partial charge is 0.326 e. The van der Waals surface area contributed by atoms with Crippen molar-refractivity contribution < 1.29 is 9.45 Å². The van der Waals surface area contributed by atoms with Gasteiger partial charge in [0.1, 0.15) is 0 Å². The Morgan fingerprint density at radius 3 is 2.43 bits per heavy atom. The van der Waals surface area contributed by atoms with E-state index >= 15 is 0 Å². The molecule has 0 spiro atoms. The zero-order valence-corrected chi connectivity index (χ0v) is 10.8. The molecule has 0 aliphatic carbocycles. The van der Waals surface area contributed by atoms with Crippen LogP contribution in [0.5, 0.6) is 0 Å². The molecule has 0 unspecified atom stereocenters. The lowest BCUT2D eigenvalue weighted by molar-refractivity contribution is -0.384. The molecule has 0 radical (unpaired) electrons. The van der Waals surface area contributed by atoms with Gasteiger partial charge in [-0.1, -0.05) is 35.5 Å². The molecule has 3 aromatic rings. The SMILES string of the molecule is O=[N+]([O-])c1ccc(Nc2nc(-c3ccccc3)no2)cc1. The maximum Gasteiger partial charge on any atom is 0.326 e. The molecule has 0 saturated heterocycles. The first kappa shape index (κ1) is 12.8. The Balaban J connectivity index is 1.77. The van der Waals surface area contributed by atoms with Gasteiger partial charge in [0.05, 0.1) is 4.92 Å². The molecule has 0 aliphatic rings. The van der Waals surface area contributed by atoms with Crippen LogP contribution in [0.1, 0.15) is 0 Å². The van der Waals surface area contributed by atoms with Crippen molar-refractivity contribution in [2.24, 2.45) is 0 Å². The average Bonchev–Trinajstić information content (AvgIpc) is 2.97. The van der Waals surface area contributed by atoms with Crippen molar-refractivity contribution in [3.63, 3.8) is 0 Å². The van der Waals surface area contributed by atoms with Gasteiger partial charge in [-0.15, -0.1) is 0 Å². The van der Waals surface area contributed by atoms with Crippen molar-refractivity contribution in [2.75, 3.05) is 5.32 Å². The number of rotatable bonds is 4. The Morgan fingerprint density at radius 2 is 1.76 bits per heavy atom. The van der Waals surface area contributed by atoms with Crippen molar-refractivity contribution >= 4 is 17.4 Å². The maximum absolute atomic E-state index is 10.6. The average molecular weight is 282 g/mol. The number of hydrogen-bond acceptors (Lipinski definition) is 6. The summed E-state index contributed by atoms with van der Waals surface area (Å²) in [6.45, 7) is 0. The Kier molecular flexibility index (Phi) is 3.30. The summed E-state index contributed by atoms with van der Waals surface area (Å²) >= 11 is 0. The number of nitrogens with one attached hydrogen (secondary N) is 1. The number of nitrogens with zero attached hydrogens (tertiary/aromatic N) is 3. The molecule has 0 aliphatic heterocycles. The van der Waals surface area contributed by atoms with Gasteiger partial charge in [-0.2, -0.15) is 4.98 Å². The quantitative estimate of drug-likeness (QED) is 0.582. The second-order valence-electron chi connectivity index (χ2n) is 4.22. The summed E-state index contributed by atoms with van der Waals surface area (Å²) in [6, 6.07) is 15.6. The van der Waals surface area contributed by atoms with Crippen molar-refractivity contribution in [3.05, 3.63) is 64.7 Å². The van der Waals surface area contributed by atoms with Crippen LogP contribution in [0, 0.1) is 10.1 Å². The number of nitro groups is 1. The van der Waals surface area contributed by atoms with E-state index in [0.29, 0.717) is 11.5 Å². The smallest absolute Gasteiger partial charge is 0.315 e. The molecular formula is C14H10N4O3. The predicted molar refractivity (Wildman–Crippen MR) is 76.1 cm³/mol. The first-order valence-corrected chi connectivity index (χ1v) is 6.13. The first-order chi connectivity index (χ1) is 10.2. The van der Waals surface area contributed by atoms with E-state index in [1.807, 2.05) is 30.3 Å². The summed E-state index contributed by atoms with van der Waals surface area (Å²) < 4.78 is 5.09. The fourth-order valence-electron chi connectivity index (χ4n) is 1.77. The van der Waals surface area contributed by atoms with Crippen LogP contribution >= 0.6 is 0 Å². The Morgan fingerprint density at radius 1 is 1.05 bits per heavy atom. The van der Waals surface area contributed by atoms with Crippen LogP contribution in [0.15, 0.2) is 59.1 Å². The number of non-ortho nitro benzene ring substituents is 1. The van der Waals surface area contributed by atoms with Gasteiger partial charge in [-0.3, -0.25) is 10.1 Å². The van der Waals surface area contributed by atoms with Crippen molar-refractivity contribution in [3.8, 4) is 11.4 Å². The highest BCUT2D eigenvalue weighted by Crippen LogP contribution is 2.21. The lowest BCUT2D eigenvalue weighted by Crippen LogP contribution is -1.92. The summed E-state index contributed by atoms with van der Waals surface area (Å²) in [5.41, 5.74) is 1.50. The summed E-state index contributed by atoms with van der Waals surface area (Å²) in [5.74, 6) is 0.472. The van der Waals surface area contributed by atoms with Gasteiger partial charge in [0.2, 0.25) is 5.82 Å². The van der Waals surface area contributed by atoms with Crippen LogP contribution in [0.3, 0.4) is 0 Å². The van der Waals surface area contributed by atoms with E-state index in [4.69, 9.17) is 4.52 Å². The molecule has 0 bridgehead atoms. The van der Waals surface area contributed by atoms with Gasteiger partial charge in [-0.25, -0.2) is 0 Å². The molecule has 3 rings (SSSR count). The Bertz CT molecular complexity index is 753. The molecule has 7 nitrogen and oxygen atoms in total. The van der Waals surface area contributed by atoms with E-state index in [9.17, 15) is 10.1 Å². The fourth-order valence-corrected chi connectivity index (χ4v) is 1.77. The van der Waals surface area contributed by atoms with Crippen molar-refractivity contribution in [2.45, 2.75) is 0 Å². The Hall–Kier alpha value is -3.22. The Labute approximate surface area is 119 Å². The minimum atomic E-state index is -0.454. The number of benzene rings is 2. The second-order valence-corrected chi connectivity index (χ2v) is 4.22. The third-order valence-electron chi connectivity index (χ3n) is 2.79. The summed E-state index contributed by atoms with van der Waals surface area (Å²) in [6.07, 6.45) is 0. The molecule has 2 aromatic carbocycles. The van der Waals surface area contributed by atoms with Gasteiger partial charge >= 0.3 is 6.01 Å². The maximum atomic E-state index is 10.6. The topological polar surface area (TPSA) is 94.1 Å².